The first-order valence-corrected chi connectivity index (χ1v) is 8.17. The van der Waals surface area contributed by atoms with Crippen LogP contribution in [0.1, 0.15) is 32.3 Å². The van der Waals surface area contributed by atoms with E-state index in [1.165, 1.54) is 4.90 Å². The SMILES string of the molecule is CC(C)[C@H](C(=O)NO)N(C)C(=O)C1(c2ccc(Cl)cc2Cl)CC1. The first kappa shape index (κ1) is 18.0. The van der Waals surface area contributed by atoms with Crippen LogP contribution in [-0.2, 0) is 15.0 Å². The van der Waals surface area contributed by atoms with Gasteiger partial charge in [-0.3, -0.25) is 14.8 Å². The number of carbonyl (C=O) groups is 2. The van der Waals surface area contributed by atoms with Crippen LogP contribution in [0.3, 0.4) is 0 Å². The third kappa shape index (κ3) is 3.32. The number of amides is 2. The molecule has 0 aliphatic heterocycles. The number of hydrogen-bond donors (Lipinski definition) is 2. The highest BCUT2D eigenvalue weighted by Crippen LogP contribution is 2.52. The van der Waals surface area contributed by atoms with Crippen LogP contribution in [0.5, 0.6) is 0 Å². The van der Waals surface area contributed by atoms with Gasteiger partial charge in [0, 0.05) is 17.1 Å². The Kier molecular flexibility index (Phi) is 5.23. The van der Waals surface area contributed by atoms with Crippen molar-refractivity contribution in [3.63, 3.8) is 0 Å². The minimum absolute atomic E-state index is 0.146. The Bertz CT molecular complexity index is 630. The van der Waals surface area contributed by atoms with Crippen molar-refractivity contribution in [2.45, 2.75) is 38.1 Å². The third-order valence-corrected chi connectivity index (χ3v) is 4.90. The van der Waals surface area contributed by atoms with Gasteiger partial charge in [0.1, 0.15) is 6.04 Å². The van der Waals surface area contributed by atoms with Crippen LogP contribution in [0, 0.1) is 5.92 Å². The highest BCUT2D eigenvalue weighted by Gasteiger charge is 2.54. The lowest BCUT2D eigenvalue weighted by atomic mass is 9.92. The number of nitrogens with zero attached hydrogens (tertiary/aromatic N) is 1. The summed E-state index contributed by atoms with van der Waals surface area (Å²) in [6, 6.07) is 4.33. The number of likely N-dealkylation sites (N-methyl/N-ethyl adjacent to an activating group) is 1. The monoisotopic (exact) mass is 358 g/mol. The maximum atomic E-state index is 13.0. The minimum atomic E-state index is -0.754. The van der Waals surface area contributed by atoms with Gasteiger partial charge in [-0.05, 0) is 36.5 Å². The summed E-state index contributed by atoms with van der Waals surface area (Å²) in [6.07, 6.45) is 1.34. The largest absolute Gasteiger partial charge is 0.333 e. The summed E-state index contributed by atoms with van der Waals surface area (Å²) in [6.45, 7) is 3.64. The molecule has 23 heavy (non-hydrogen) atoms. The number of halogens is 2. The van der Waals surface area contributed by atoms with Gasteiger partial charge in [0.25, 0.3) is 5.91 Å². The maximum absolute atomic E-state index is 13.0. The highest BCUT2D eigenvalue weighted by molar-refractivity contribution is 6.35. The molecule has 5 nitrogen and oxygen atoms in total. The molecular weight excluding hydrogens is 339 g/mol. The van der Waals surface area contributed by atoms with Crippen LogP contribution >= 0.6 is 23.2 Å². The zero-order valence-electron chi connectivity index (χ0n) is 13.3. The lowest BCUT2D eigenvalue weighted by Gasteiger charge is -2.32. The summed E-state index contributed by atoms with van der Waals surface area (Å²) in [7, 11) is 1.58. The van der Waals surface area contributed by atoms with E-state index < -0.39 is 17.4 Å². The Balaban J connectivity index is 2.33. The number of benzene rings is 1. The van der Waals surface area contributed by atoms with Gasteiger partial charge in [0.15, 0.2) is 0 Å². The molecule has 1 aromatic carbocycles. The normalized spacial score (nSPS) is 16.8. The van der Waals surface area contributed by atoms with Crippen LogP contribution in [0.15, 0.2) is 18.2 Å². The second-order valence-corrected chi connectivity index (χ2v) is 7.13. The van der Waals surface area contributed by atoms with Gasteiger partial charge in [0.2, 0.25) is 5.91 Å². The molecule has 0 aromatic heterocycles. The number of rotatable bonds is 5. The van der Waals surface area contributed by atoms with E-state index in [1.54, 1.807) is 30.7 Å². The summed E-state index contributed by atoms with van der Waals surface area (Å²) in [5.41, 5.74) is 1.66. The van der Waals surface area contributed by atoms with E-state index in [-0.39, 0.29) is 11.8 Å². The van der Waals surface area contributed by atoms with Gasteiger partial charge in [-0.1, -0.05) is 43.1 Å². The first-order valence-electron chi connectivity index (χ1n) is 7.41. The van der Waals surface area contributed by atoms with Gasteiger partial charge in [-0.15, -0.1) is 0 Å². The minimum Gasteiger partial charge on any atom is -0.333 e. The summed E-state index contributed by atoms with van der Waals surface area (Å²) in [4.78, 5) is 26.3. The average Bonchev–Trinajstić information content (AvgIpc) is 3.27. The van der Waals surface area contributed by atoms with Crippen LogP contribution in [-0.4, -0.2) is 35.0 Å². The van der Waals surface area contributed by atoms with Crippen molar-refractivity contribution in [3.05, 3.63) is 33.8 Å². The fraction of sp³-hybridized carbons (Fsp3) is 0.500. The molecule has 1 aromatic rings. The van der Waals surface area contributed by atoms with E-state index in [9.17, 15) is 9.59 Å². The van der Waals surface area contributed by atoms with Crippen molar-refractivity contribution in [2.75, 3.05) is 7.05 Å². The van der Waals surface area contributed by atoms with Gasteiger partial charge in [0.05, 0.1) is 5.41 Å². The van der Waals surface area contributed by atoms with Crippen molar-refractivity contribution in [1.29, 1.82) is 0 Å². The Hall–Kier alpha value is -1.30. The second kappa shape index (κ2) is 6.67. The van der Waals surface area contributed by atoms with Gasteiger partial charge in [-0.2, -0.15) is 0 Å². The zero-order valence-corrected chi connectivity index (χ0v) is 14.8. The molecule has 1 aliphatic carbocycles. The molecule has 2 N–H and O–H groups in total. The van der Waals surface area contributed by atoms with Gasteiger partial charge < -0.3 is 4.90 Å². The van der Waals surface area contributed by atoms with E-state index in [4.69, 9.17) is 28.4 Å². The molecule has 2 amide bonds. The molecule has 1 fully saturated rings. The predicted octanol–water partition coefficient (Wildman–Crippen LogP) is 3.01. The third-order valence-electron chi connectivity index (χ3n) is 4.35. The fourth-order valence-corrected chi connectivity index (χ4v) is 3.65. The number of nitrogens with one attached hydrogen (secondary N) is 1. The van der Waals surface area contributed by atoms with E-state index >= 15 is 0 Å². The average molecular weight is 359 g/mol. The molecular formula is C16H20Cl2N2O3. The van der Waals surface area contributed by atoms with Crippen LogP contribution in [0.25, 0.3) is 0 Å². The zero-order chi connectivity index (χ0) is 17.4. The molecule has 0 radical (unpaired) electrons. The summed E-state index contributed by atoms with van der Waals surface area (Å²) in [5.74, 6) is -0.925. The number of hydroxylamine groups is 1. The van der Waals surface area contributed by atoms with E-state index in [0.29, 0.717) is 22.9 Å². The molecule has 2 rings (SSSR count). The Labute approximate surface area is 145 Å². The molecule has 1 aliphatic rings. The van der Waals surface area contributed by atoms with E-state index in [2.05, 4.69) is 0 Å². The van der Waals surface area contributed by atoms with Crippen molar-refractivity contribution in [3.8, 4) is 0 Å². The smallest absolute Gasteiger partial charge is 0.266 e. The molecule has 1 saturated carbocycles. The highest BCUT2D eigenvalue weighted by atomic mass is 35.5. The Morgan fingerprint density at radius 3 is 2.35 bits per heavy atom. The molecule has 0 saturated heterocycles. The Morgan fingerprint density at radius 2 is 1.91 bits per heavy atom. The number of hydrogen-bond acceptors (Lipinski definition) is 3. The lowest BCUT2D eigenvalue weighted by Crippen LogP contribution is -2.52. The second-order valence-electron chi connectivity index (χ2n) is 6.29. The van der Waals surface area contributed by atoms with Crippen molar-refractivity contribution < 1.29 is 14.8 Å². The number of carbonyl (C=O) groups excluding carboxylic acids is 2. The van der Waals surface area contributed by atoms with Crippen LogP contribution in [0.4, 0.5) is 0 Å². The van der Waals surface area contributed by atoms with Crippen molar-refractivity contribution in [2.24, 2.45) is 5.92 Å². The molecule has 0 heterocycles. The summed E-state index contributed by atoms with van der Waals surface area (Å²) in [5, 5.41) is 9.88. The standard InChI is InChI=1S/C16H20Cl2N2O3/c1-9(2)13(14(21)19-23)20(3)15(22)16(6-7-16)11-5-4-10(17)8-12(11)18/h4-5,8-9,13,23H,6-7H2,1-3H3,(H,19,21)/t13-/m1/s1. The van der Waals surface area contributed by atoms with Crippen molar-refractivity contribution in [1.82, 2.24) is 10.4 Å². The quantitative estimate of drug-likeness (QED) is 0.627. The molecule has 126 valence electrons. The maximum Gasteiger partial charge on any atom is 0.266 e. The molecule has 0 bridgehead atoms. The summed E-state index contributed by atoms with van der Waals surface area (Å²) < 4.78 is 0. The molecule has 0 spiro atoms. The Morgan fingerprint density at radius 1 is 1.30 bits per heavy atom. The topological polar surface area (TPSA) is 69.6 Å². The molecule has 1 atom stereocenters. The van der Waals surface area contributed by atoms with Gasteiger partial charge in [-0.25, -0.2) is 5.48 Å². The summed E-state index contributed by atoms with van der Waals surface area (Å²) >= 11 is 12.2. The lowest BCUT2D eigenvalue weighted by molar-refractivity contribution is -0.146. The fourth-order valence-electron chi connectivity index (χ4n) is 3.06. The molecule has 0 unspecified atom stereocenters. The first-order chi connectivity index (χ1) is 10.7. The van der Waals surface area contributed by atoms with Crippen molar-refractivity contribution >= 4 is 35.0 Å². The van der Waals surface area contributed by atoms with Crippen LogP contribution in [0.2, 0.25) is 10.0 Å². The van der Waals surface area contributed by atoms with Gasteiger partial charge >= 0.3 is 0 Å². The van der Waals surface area contributed by atoms with E-state index in [0.717, 1.165) is 5.56 Å². The van der Waals surface area contributed by atoms with Crippen LogP contribution < -0.4 is 5.48 Å². The molecule has 7 heteroatoms. The predicted molar refractivity (Wildman–Crippen MR) is 88.7 cm³/mol. The van der Waals surface area contributed by atoms with E-state index in [1.807, 2.05) is 13.8 Å².